The van der Waals surface area contributed by atoms with Gasteiger partial charge in [0.1, 0.15) is 0 Å². The van der Waals surface area contributed by atoms with Crippen molar-refractivity contribution in [2.75, 3.05) is 6.54 Å². The molecule has 0 aliphatic carbocycles. The largest absolute Gasteiger partial charge is 0.386 e. The van der Waals surface area contributed by atoms with Crippen LogP contribution in [0.15, 0.2) is 24.3 Å². The third kappa shape index (κ3) is 2.56. The van der Waals surface area contributed by atoms with E-state index in [2.05, 4.69) is 6.92 Å². The molecule has 0 spiro atoms. The summed E-state index contributed by atoms with van der Waals surface area (Å²) in [4.78, 5) is 0. The molecule has 0 bridgehead atoms. The van der Waals surface area contributed by atoms with Gasteiger partial charge >= 0.3 is 0 Å². The summed E-state index contributed by atoms with van der Waals surface area (Å²) in [5, 5.41) is 9.84. The van der Waals surface area contributed by atoms with Crippen molar-refractivity contribution in [1.29, 1.82) is 0 Å². The molecule has 0 saturated carbocycles. The van der Waals surface area contributed by atoms with Gasteiger partial charge in [0, 0.05) is 0 Å². The van der Waals surface area contributed by atoms with Gasteiger partial charge in [-0.3, -0.25) is 0 Å². The van der Waals surface area contributed by atoms with Gasteiger partial charge < -0.3 is 10.8 Å². The maximum absolute atomic E-state index is 9.84. The molecule has 0 heterocycles. The second-order valence-electron chi connectivity index (χ2n) is 4.32. The predicted molar refractivity (Wildman–Crippen MR) is 59.2 cm³/mol. The molecule has 0 amide bonds. The Balaban J connectivity index is 3.01. The van der Waals surface area contributed by atoms with Crippen molar-refractivity contribution in [3.8, 4) is 0 Å². The lowest BCUT2D eigenvalue weighted by Gasteiger charge is -2.19. The molecule has 1 rings (SSSR count). The van der Waals surface area contributed by atoms with Crippen molar-refractivity contribution >= 4 is 0 Å². The molecule has 0 aliphatic rings. The van der Waals surface area contributed by atoms with Gasteiger partial charge in [-0.25, -0.2) is 0 Å². The monoisotopic (exact) mass is 193 g/mol. The normalized spacial score (nSPS) is 14.1. The first kappa shape index (κ1) is 11.2. The molecule has 2 nitrogen and oxygen atoms in total. The van der Waals surface area contributed by atoms with Crippen LogP contribution in [-0.2, 0) is 5.60 Å². The standard InChI is InChI=1S/C12H19NO/c1-9(8-13)10-5-4-6-11(7-10)12(2,3)14/h4-7,9,14H,8,13H2,1-3H3. The maximum atomic E-state index is 9.84. The minimum absolute atomic E-state index is 0.345. The van der Waals surface area contributed by atoms with Gasteiger partial charge in [-0.2, -0.15) is 0 Å². The van der Waals surface area contributed by atoms with Gasteiger partial charge in [0.25, 0.3) is 0 Å². The zero-order valence-electron chi connectivity index (χ0n) is 9.12. The number of hydrogen-bond donors (Lipinski definition) is 2. The molecule has 1 aromatic rings. The molecule has 1 unspecified atom stereocenters. The fourth-order valence-electron chi connectivity index (χ4n) is 1.36. The van der Waals surface area contributed by atoms with Crippen molar-refractivity contribution in [3.63, 3.8) is 0 Å². The molecule has 0 aliphatic heterocycles. The Hall–Kier alpha value is -0.860. The smallest absolute Gasteiger partial charge is 0.0840 e. The van der Waals surface area contributed by atoms with Crippen LogP contribution in [0.2, 0.25) is 0 Å². The highest BCUT2D eigenvalue weighted by Crippen LogP contribution is 2.23. The molecule has 0 fully saturated rings. The summed E-state index contributed by atoms with van der Waals surface area (Å²) in [7, 11) is 0. The lowest BCUT2D eigenvalue weighted by molar-refractivity contribution is 0.0785. The zero-order chi connectivity index (χ0) is 10.8. The fourth-order valence-corrected chi connectivity index (χ4v) is 1.36. The molecule has 3 N–H and O–H groups in total. The number of hydrogen-bond acceptors (Lipinski definition) is 2. The van der Waals surface area contributed by atoms with Gasteiger partial charge in [0.05, 0.1) is 5.60 Å². The number of rotatable bonds is 3. The number of benzene rings is 1. The van der Waals surface area contributed by atoms with E-state index in [1.165, 1.54) is 5.56 Å². The molecule has 1 aromatic carbocycles. The highest BCUT2D eigenvalue weighted by atomic mass is 16.3. The van der Waals surface area contributed by atoms with Gasteiger partial charge in [0.15, 0.2) is 0 Å². The predicted octanol–water partition coefficient (Wildman–Crippen LogP) is 1.98. The Morgan fingerprint density at radius 3 is 2.57 bits per heavy atom. The quantitative estimate of drug-likeness (QED) is 0.771. The average molecular weight is 193 g/mol. The molecule has 78 valence electrons. The molecule has 14 heavy (non-hydrogen) atoms. The number of aliphatic hydroxyl groups is 1. The van der Waals surface area contributed by atoms with Crippen LogP contribution in [0.4, 0.5) is 0 Å². The Labute approximate surface area is 85.8 Å². The molecule has 0 saturated heterocycles. The van der Waals surface area contributed by atoms with Crippen LogP contribution >= 0.6 is 0 Å². The number of nitrogens with two attached hydrogens (primary N) is 1. The van der Waals surface area contributed by atoms with E-state index in [-0.39, 0.29) is 0 Å². The first-order valence-electron chi connectivity index (χ1n) is 4.98. The first-order valence-corrected chi connectivity index (χ1v) is 4.98. The summed E-state index contributed by atoms with van der Waals surface area (Å²) in [6.45, 7) is 6.30. The third-order valence-corrected chi connectivity index (χ3v) is 2.52. The zero-order valence-corrected chi connectivity index (χ0v) is 9.12. The van der Waals surface area contributed by atoms with Crippen LogP contribution in [0.25, 0.3) is 0 Å². The van der Waals surface area contributed by atoms with Gasteiger partial charge in [-0.15, -0.1) is 0 Å². The summed E-state index contributed by atoms with van der Waals surface area (Å²) in [5.41, 5.74) is 6.95. The highest BCUT2D eigenvalue weighted by molar-refractivity contribution is 5.29. The highest BCUT2D eigenvalue weighted by Gasteiger charge is 2.16. The van der Waals surface area contributed by atoms with E-state index in [0.717, 1.165) is 5.56 Å². The summed E-state index contributed by atoms with van der Waals surface area (Å²) < 4.78 is 0. The molecule has 0 aromatic heterocycles. The Morgan fingerprint density at radius 2 is 2.07 bits per heavy atom. The van der Waals surface area contributed by atoms with Gasteiger partial charge in [-0.1, -0.05) is 31.2 Å². The minimum Gasteiger partial charge on any atom is -0.386 e. The summed E-state index contributed by atoms with van der Waals surface area (Å²) in [6.07, 6.45) is 0. The summed E-state index contributed by atoms with van der Waals surface area (Å²) >= 11 is 0. The van der Waals surface area contributed by atoms with Gasteiger partial charge in [0.2, 0.25) is 0 Å². The summed E-state index contributed by atoms with van der Waals surface area (Å²) in [5.74, 6) is 0.345. The third-order valence-electron chi connectivity index (χ3n) is 2.52. The lowest BCUT2D eigenvalue weighted by Crippen LogP contribution is -2.16. The second-order valence-corrected chi connectivity index (χ2v) is 4.32. The lowest BCUT2D eigenvalue weighted by atomic mass is 9.92. The van der Waals surface area contributed by atoms with E-state index < -0.39 is 5.60 Å². The minimum atomic E-state index is -0.773. The van der Waals surface area contributed by atoms with Crippen molar-refractivity contribution < 1.29 is 5.11 Å². The maximum Gasteiger partial charge on any atom is 0.0840 e. The van der Waals surface area contributed by atoms with E-state index in [4.69, 9.17) is 5.73 Å². The van der Waals surface area contributed by atoms with E-state index in [0.29, 0.717) is 12.5 Å². The molecule has 1 atom stereocenters. The van der Waals surface area contributed by atoms with Gasteiger partial charge in [-0.05, 0) is 37.4 Å². The van der Waals surface area contributed by atoms with E-state index in [1.807, 2.05) is 24.3 Å². The topological polar surface area (TPSA) is 46.2 Å². The average Bonchev–Trinajstić information content (AvgIpc) is 2.15. The second kappa shape index (κ2) is 4.11. The fraction of sp³-hybridized carbons (Fsp3) is 0.500. The van der Waals surface area contributed by atoms with E-state index in [1.54, 1.807) is 13.8 Å². The van der Waals surface area contributed by atoms with Crippen molar-refractivity contribution in [2.45, 2.75) is 32.3 Å². The Morgan fingerprint density at radius 1 is 1.43 bits per heavy atom. The van der Waals surface area contributed by atoms with Crippen molar-refractivity contribution in [2.24, 2.45) is 5.73 Å². The summed E-state index contributed by atoms with van der Waals surface area (Å²) in [6, 6.07) is 7.98. The Bertz CT molecular complexity index is 301. The van der Waals surface area contributed by atoms with Crippen LogP contribution in [0, 0.1) is 0 Å². The van der Waals surface area contributed by atoms with Crippen molar-refractivity contribution in [3.05, 3.63) is 35.4 Å². The Kier molecular flexibility index (Phi) is 3.29. The molecular formula is C12H19NO. The molecule has 0 radical (unpaired) electrons. The van der Waals surface area contributed by atoms with E-state index >= 15 is 0 Å². The van der Waals surface area contributed by atoms with Crippen LogP contribution < -0.4 is 5.73 Å². The molecule has 2 heteroatoms. The van der Waals surface area contributed by atoms with Crippen LogP contribution in [0.3, 0.4) is 0 Å². The van der Waals surface area contributed by atoms with Crippen LogP contribution in [0.5, 0.6) is 0 Å². The van der Waals surface area contributed by atoms with Crippen LogP contribution in [-0.4, -0.2) is 11.7 Å². The first-order chi connectivity index (χ1) is 6.45. The van der Waals surface area contributed by atoms with Crippen LogP contribution in [0.1, 0.15) is 37.8 Å². The van der Waals surface area contributed by atoms with E-state index in [9.17, 15) is 5.11 Å². The SMILES string of the molecule is CC(CN)c1cccc(C(C)(C)O)c1. The van der Waals surface area contributed by atoms with Crippen molar-refractivity contribution in [1.82, 2.24) is 0 Å². The molecular weight excluding hydrogens is 174 g/mol.